The molecule has 0 bridgehead atoms. The third-order valence-electron chi connectivity index (χ3n) is 2.28. The van der Waals surface area contributed by atoms with Gasteiger partial charge in [-0.15, -0.1) is 5.10 Å². The molecule has 0 fully saturated rings. The maximum atomic E-state index is 13.1. The molecule has 2 rings (SSSR count). The van der Waals surface area contributed by atoms with Gasteiger partial charge in [0, 0.05) is 12.1 Å². The van der Waals surface area contributed by atoms with E-state index in [1.54, 1.807) is 12.1 Å². The molecule has 1 N–H and O–H groups in total. The predicted molar refractivity (Wildman–Crippen MR) is 67.7 cm³/mol. The molecule has 0 atom stereocenters. The average Bonchev–Trinajstić information content (AvgIpc) is 2.78. The van der Waals surface area contributed by atoms with Gasteiger partial charge in [0.1, 0.15) is 11.5 Å². The lowest BCUT2D eigenvalue weighted by Gasteiger charge is -2.03. The van der Waals surface area contributed by atoms with E-state index in [4.69, 9.17) is 11.6 Å². The smallest absolute Gasteiger partial charge is 0.141 e. The molecular formula is C11H11ClFN3S. The first-order valence-corrected chi connectivity index (χ1v) is 6.35. The minimum atomic E-state index is -0.424. The van der Waals surface area contributed by atoms with Gasteiger partial charge in [0.05, 0.1) is 9.90 Å². The molecule has 17 heavy (non-hydrogen) atoms. The monoisotopic (exact) mass is 271 g/mol. The van der Waals surface area contributed by atoms with Gasteiger partial charge in [-0.1, -0.05) is 23.0 Å². The molecule has 0 amide bonds. The number of rotatable bonds is 4. The normalized spacial score (nSPS) is 10.8. The van der Waals surface area contributed by atoms with Gasteiger partial charge in [0.2, 0.25) is 0 Å². The Labute approximate surface area is 108 Å². The molecule has 0 unspecified atom stereocenters. The first-order valence-electron chi connectivity index (χ1n) is 5.19. The molecule has 6 heteroatoms. The molecule has 2 aromatic rings. The number of nitrogens with one attached hydrogen (secondary N) is 1. The second-order valence-electron chi connectivity index (χ2n) is 3.45. The van der Waals surface area contributed by atoms with Crippen LogP contribution in [0.2, 0.25) is 5.02 Å². The van der Waals surface area contributed by atoms with Crippen LogP contribution in [-0.4, -0.2) is 16.1 Å². The van der Waals surface area contributed by atoms with E-state index in [1.165, 1.54) is 17.6 Å². The molecule has 0 spiro atoms. The fourth-order valence-electron chi connectivity index (χ4n) is 1.43. The SMILES string of the molecule is CCNCc1snnc1-c1ccc(F)c(Cl)c1. The van der Waals surface area contributed by atoms with Crippen LogP contribution in [0, 0.1) is 5.82 Å². The summed E-state index contributed by atoms with van der Waals surface area (Å²) in [6.07, 6.45) is 0. The zero-order chi connectivity index (χ0) is 12.3. The van der Waals surface area contributed by atoms with Crippen molar-refractivity contribution in [3.63, 3.8) is 0 Å². The van der Waals surface area contributed by atoms with Gasteiger partial charge in [-0.2, -0.15) is 0 Å². The van der Waals surface area contributed by atoms with E-state index in [1.807, 2.05) is 6.92 Å². The Morgan fingerprint density at radius 2 is 2.29 bits per heavy atom. The summed E-state index contributed by atoms with van der Waals surface area (Å²) in [5.74, 6) is -0.424. The van der Waals surface area contributed by atoms with E-state index in [9.17, 15) is 4.39 Å². The molecule has 1 aromatic carbocycles. The van der Waals surface area contributed by atoms with E-state index in [-0.39, 0.29) is 5.02 Å². The minimum absolute atomic E-state index is 0.102. The molecule has 90 valence electrons. The van der Waals surface area contributed by atoms with Crippen molar-refractivity contribution in [3.8, 4) is 11.3 Å². The van der Waals surface area contributed by atoms with Crippen molar-refractivity contribution >= 4 is 23.1 Å². The van der Waals surface area contributed by atoms with Crippen molar-refractivity contribution in [3.05, 3.63) is 33.9 Å². The van der Waals surface area contributed by atoms with Crippen LogP contribution in [-0.2, 0) is 6.54 Å². The summed E-state index contributed by atoms with van der Waals surface area (Å²) in [5, 5.41) is 7.37. The molecule has 0 aliphatic heterocycles. The molecule has 1 aromatic heterocycles. The van der Waals surface area contributed by atoms with Gasteiger partial charge in [-0.3, -0.25) is 0 Å². The van der Waals surface area contributed by atoms with Crippen LogP contribution < -0.4 is 5.32 Å². The lowest BCUT2D eigenvalue weighted by Crippen LogP contribution is -2.11. The van der Waals surface area contributed by atoms with Crippen molar-refractivity contribution in [2.24, 2.45) is 0 Å². The second kappa shape index (κ2) is 5.53. The number of hydrogen-bond donors (Lipinski definition) is 1. The maximum Gasteiger partial charge on any atom is 0.141 e. The van der Waals surface area contributed by atoms with E-state index in [2.05, 4.69) is 14.9 Å². The Morgan fingerprint density at radius 3 is 3.00 bits per heavy atom. The van der Waals surface area contributed by atoms with Gasteiger partial charge in [0.15, 0.2) is 0 Å². The van der Waals surface area contributed by atoms with Crippen molar-refractivity contribution in [2.75, 3.05) is 6.54 Å². The molecule has 0 aliphatic rings. The van der Waals surface area contributed by atoms with Gasteiger partial charge < -0.3 is 5.32 Å². The van der Waals surface area contributed by atoms with Crippen LogP contribution in [0.5, 0.6) is 0 Å². The topological polar surface area (TPSA) is 37.8 Å². The van der Waals surface area contributed by atoms with Crippen LogP contribution in [0.15, 0.2) is 18.2 Å². The summed E-state index contributed by atoms with van der Waals surface area (Å²) in [6, 6.07) is 4.57. The molecule has 0 saturated heterocycles. The fraction of sp³-hybridized carbons (Fsp3) is 0.273. The van der Waals surface area contributed by atoms with Crippen LogP contribution in [0.4, 0.5) is 4.39 Å². The standard InChI is InChI=1S/C11H11ClFN3S/c1-2-14-6-10-11(15-16-17-10)7-3-4-9(13)8(12)5-7/h3-5,14H,2,6H2,1H3. The first-order chi connectivity index (χ1) is 8.22. The Balaban J connectivity index is 2.32. The zero-order valence-electron chi connectivity index (χ0n) is 9.20. The Bertz CT molecular complexity index is 515. The summed E-state index contributed by atoms with van der Waals surface area (Å²) in [5.41, 5.74) is 1.55. The van der Waals surface area contributed by atoms with E-state index < -0.39 is 5.82 Å². The Kier molecular flexibility index (Phi) is 4.04. The maximum absolute atomic E-state index is 13.1. The number of aromatic nitrogens is 2. The van der Waals surface area contributed by atoms with Crippen molar-refractivity contribution in [1.29, 1.82) is 0 Å². The average molecular weight is 272 g/mol. The van der Waals surface area contributed by atoms with Gasteiger partial charge >= 0.3 is 0 Å². The Hall–Kier alpha value is -1.04. The third-order valence-corrected chi connectivity index (χ3v) is 3.30. The van der Waals surface area contributed by atoms with E-state index in [0.717, 1.165) is 22.7 Å². The summed E-state index contributed by atoms with van der Waals surface area (Å²) < 4.78 is 17.0. The van der Waals surface area contributed by atoms with Gasteiger partial charge in [-0.25, -0.2) is 4.39 Å². The highest BCUT2D eigenvalue weighted by Crippen LogP contribution is 2.27. The van der Waals surface area contributed by atoms with Crippen LogP contribution >= 0.6 is 23.1 Å². The zero-order valence-corrected chi connectivity index (χ0v) is 10.8. The summed E-state index contributed by atoms with van der Waals surface area (Å²) in [4.78, 5) is 1.02. The molecule has 0 radical (unpaired) electrons. The van der Waals surface area contributed by atoms with E-state index >= 15 is 0 Å². The number of halogens is 2. The quantitative estimate of drug-likeness (QED) is 0.929. The Morgan fingerprint density at radius 1 is 1.47 bits per heavy atom. The molecule has 3 nitrogen and oxygen atoms in total. The van der Waals surface area contributed by atoms with Crippen molar-refractivity contribution in [2.45, 2.75) is 13.5 Å². The number of hydrogen-bond acceptors (Lipinski definition) is 4. The van der Waals surface area contributed by atoms with Crippen LogP contribution in [0.25, 0.3) is 11.3 Å². The summed E-state index contributed by atoms with van der Waals surface area (Å²) in [7, 11) is 0. The lowest BCUT2D eigenvalue weighted by molar-refractivity contribution is 0.628. The van der Waals surface area contributed by atoms with Crippen molar-refractivity contribution in [1.82, 2.24) is 14.9 Å². The molecule has 0 saturated carbocycles. The molecular weight excluding hydrogens is 261 g/mol. The van der Waals surface area contributed by atoms with Crippen LogP contribution in [0.1, 0.15) is 11.8 Å². The highest BCUT2D eigenvalue weighted by atomic mass is 35.5. The molecule has 1 heterocycles. The van der Waals surface area contributed by atoms with E-state index in [0.29, 0.717) is 6.54 Å². The molecule has 0 aliphatic carbocycles. The second-order valence-corrected chi connectivity index (χ2v) is 4.70. The highest BCUT2D eigenvalue weighted by Gasteiger charge is 2.11. The third kappa shape index (κ3) is 2.80. The van der Waals surface area contributed by atoms with Gasteiger partial charge in [-0.05, 0) is 36.3 Å². The highest BCUT2D eigenvalue weighted by molar-refractivity contribution is 7.05. The lowest BCUT2D eigenvalue weighted by atomic mass is 10.1. The minimum Gasteiger partial charge on any atom is -0.312 e. The first kappa shape index (κ1) is 12.4. The van der Waals surface area contributed by atoms with Crippen LogP contribution in [0.3, 0.4) is 0 Å². The van der Waals surface area contributed by atoms with Gasteiger partial charge in [0.25, 0.3) is 0 Å². The largest absolute Gasteiger partial charge is 0.312 e. The summed E-state index contributed by atoms with van der Waals surface area (Å²) in [6.45, 7) is 3.61. The summed E-state index contributed by atoms with van der Waals surface area (Å²) >= 11 is 7.09. The van der Waals surface area contributed by atoms with Crippen molar-refractivity contribution < 1.29 is 4.39 Å². The predicted octanol–water partition coefficient (Wildman–Crippen LogP) is 3.11. The number of benzene rings is 1. The number of nitrogens with zero attached hydrogens (tertiary/aromatic N) is 2. The fourth-order valence-corrected chi connectivity index (χ4v) is 2.24.